The average Bonchev–Trinajstić information content (AvgIpc) is 2.51. The van der Waals surface area contributed by atoms with E-state index in [1.54, 1.807) is 16.8 Å². The number of rotatable bonds is 6. The minimum atomic E-state index is 0.0705. The number of hydrogen-bond acceptors (Lipinski definition) is 3. The van der Waals surface area contributed by atoms with Gasteiger partial charge in [-0.25, -0.2) is 0 Å². The summed E-state index contributed by atoms with van der Waals surface area (Å²) in [6.45, 7) is 1.91. The van der Waals surface area contributed by atoms with Crippen molar-refractivity contribution in [1.29, 1.82) is 0 Å². The second kappa shape index (κ2) is 7.22. The van der Waals surface area contributed by atoms with E-state index in [-0.39, 0.29) is 11.8 Å². The number of amides is 2. The van der Waals surface area contributed by atoms with Crippen LogP contribution in [0, 0.1) is 0 Å². The molecule has 1 aromatic carbocycles. The van der Waals surface area contributed by atoms with Gasteiger partial charge in [0.15, 0.2) is 0 Å². The zero-order valence-electron chi connectivity index (χ0n) is 12.8. The Morgan fingerprint density at radius 1 is 1.33 bits per heavy atom. The van der Waals surface area contributed by atoms with E-state index < -0.39 is 0 Å². The number of nitrogens with one attached hydrogen (secondary N) is 1. The highest BCUT2D eigenvalue weighted by molar-refractivity contribution is 5.96. The number of fused-ring (bicyclic) bond motifs is 1. The van der Waals surface area contributed by atoms with E-state index in [0.717, 1.165) is 18.7 Å². The molecule has 0 radical (unpaired) electrons. The molecule has 0 unspecified atom stereocenters. The van der Waals surface area contributed by atoms with Gasteiger partial charge in [-0.1, -0.05) is 18.2 Å². The fraction of sp³-hybridized carbons (Fsp3) is 0.500. The maximum atomic E-state index is 12.1. The smallest absolute Gasteiger partial charge is 0.227 e. The molecule has 0 aromatic heterocycles. The van der Waals surface area contributed by atoms with Gasteiger partial charge in [0.1, 0.15) is 0 Å². The quantitative estimate of drug-likeness (QED) is 0.851. The molecule has 2 amide bonds. The van der Waals surface area contributed by atoms with Gasteiger partial charge in [0, 0.05) is 45.2 Å². The van der Waals surface area contributed by atoms with E-state index in [0.29, 0.717) is 25.9 Å². The summed E-state index contributed by atoms with van der Waals surface area (Å²) < 4.78 is 0. The predicted molar refractivity (Wildman–Crippen MR) is 83.3 cm³/mol. The van der Waals surface area contributed by atoms with Crippen molar-refractivity contribution in [3.8, 4) is 0 Å². The van der Waals surface area contributed by atoms with Gasteiger partial charge in [-0.3, -0.25) is 9.59 Å². The molecular formula is C16H23N3O2. The number of carbonyl (C=O) groups excluding carboxylic acids is 2. The van der Waals surface area contributed by atoms with E-state index in [1.807, 2.05) is 25.2 Å². The lowest BCUT2D eigenvalue weighted by Gasteiger charge is -2.29. The first kappa shape index (κ1) is 15.5. The lowest BCUT2D eigenvalue weighted by Crippen LogP contribution is -2.39. The highest BCUT2D eigenvalue weighted by Crippen LogP contribution is 2.27. The molecule has 0 aliphatic carbocycles. The molecule has 0 saturated carbocycles. The van der Waals surface area contributed by atoms with Gasteiger partial charge in [0.05, 0.1) is 0 Å². The van der Waals surface area contributed by atoms with Crippen molar-refractivity contribution in [2.45, 2.75) is 19.3 Å². The lowest BCUT2D eigenvalue weighted by atomic mass is 10.0. The van der Waals surface area contributed by atoms with Crippen LogP contribution in [0.15, 0.2) is 24.3 Å². The van der Waals surface area contributed by atoms with Gasteiger partial charge in [0.2, 0.25) is 11.8 Å². The molecule has 5 heteroatoms. The van der Waals surface area contributed by atoms with E-state index >= 15 is 0 Å². The summed E-state index contributed by atoms with van der Waals surface area (Å²) in [5, 5.41) is 3.02. The molecule has 1 N–H and O–H groups in total. The van der Waals surface area contributed by atoms with Crippen molar-refractivity contribution in [1.82, 2.24) is 10.2 Å². The van der Waals surface area contributed by atoms with Crippen molar-refractivity contribution in [3.63, 3.8) is 0 Å². The third-order valence-electron chi connectivity index (χ3n) is 3.86. The number of aryl methyl sites for hydroxylation is 1. The van der Waals surface area contributed by atoms with E-state index in [1.165, 1.54) is 5.56 Å². The van der Waals surface area contributed by atoms with Crippen molar-refractivity contribution >= 4 is 17.5 Å². The summed E-state index contributed by atoms with van der Waals surface area (Å²) in [6, 6.07) is 7.94. The first-order valence-corrected chi connectivity index (χ1v) is 7.40. The van der Waals surface area contributed by atoms with Gasteiger partial charge in [-0.15, -0.1) is 0 Å². The summed E-state index contributed by atoms with van der Waals surface area (Å²) >= 11 is 0. The van der Waals surface area contributed by atoms with E-state index in [4.69, 9.17) is 0 Å². The number of likely N-dealkylation sites (N-methyl/N-ethyl adjacent to an activating group) is 2. The van der Waals surface area contributed by atoms with E-state index in [9.17, 15) is 9.59 Å². The summed E-state index contributed by atoms with van der Waals surface area (Å²) in [5.41, 5.74) is 2.15. The number of anilines is 1. The summed E-state index contributed by atoms with van der Waals surface area (Å²) in [4.78, 5) is 27.6. The van der Waals surface area contributed by atoms with Gasteiger partial charge in [-0.05, 0) is 25.1 Å². The molecule has 1 heterocycles. The molecule has 1 aliphatic heterocycles. The molecule has 114 valence electrons. The number of carbonyl (C=O) groups is 2. The number of para-hydroxylation sites is 1. The Hall–Kier alpha value is -1.88. The first-order valence-electron chi connectivity index (χ1n) is 7.40. The van der Waals surface area contributed by atoms with Crippen molar-refractivity contribution < 1.29 is 9.59 Å². The predicted octanol–water partition coefficient (Wildman–Crippen LogP) is 1.03. The minimum absolute atomic E-state index is 0.0705. The maximum Gasteiger partial charge on any atom is 0.227 e. The van der Waals surface area contributed by atoms with Crippen molar-refractivity contribution in [2.75, 3.05) is 38.6 Å². The number of benzene rings is 1. The molecule has 0 saturated heterocycles. The SMILES string of the molecule is CNCCN(C)C(=O)CCN1C(=O)CCc2ccccc21. The van der Waals surface area contributed by atoms with E-state index in [2.05, 4.69) is 11.4 Å². The third kappa shape index (κ3) is 3.82. The van der Waals surface area contributed by atoms with Crippen LogP contribution >= 0.6 is 0 Å². The fourth-order valence-corrected chi connectivity index (χ4v) is 2.54. The third-order valence-corrected chi connectivity index (χ3v) is 3.86. The fourth-order valence-electron chi connectivity index (χ4n) is 2.54. The molecule has 0 spiro atoms. The largest absolute Gasteiger partial charge is 0.344 e. The standard InChI is InChI=1S/C16H23N3O2/c1-17-10-12-18(2)15(20)9-11-19-14-6-4-3-5-13(14)7-8-16(19)21/h3-6,17H,7-12H2,1-2H3. The maximum absolute atomic E-state index is 12.1. The number of hydrogen-bond donors (Lipinski definition) is 1. The van der Waals surface area contributed by atoms with Crippen LogP contribution in [0.25, 0.3) is 0 Å². The Kier molecular flexibility index (Phi) is 5.33. The lowest BCUT2D eigenvalue weighted by molar-refractivity contribution is -0.129. The molecular weight excluding hydrogens is 266 g/mol. The topological polar surface area (TPSA) is 52.7 Å². The van der Waals surface area contributed by atoms with Crippen LogP contribution in [-0.4, -0.2) is 50.4 Å². The molecule has 0 atom stereocenters. The second-order valence-electron chi connectivity index (χ2n) is 5.34. The molecule has 21 heavy (non-hydrogen) atoms. The van der Waals surface area contributed by atoms with Crippen LogP contribution in [0.5, 0.6) is 0 Å². The van der Waals surface area contributed by atoms with Crippen LogP contribution in [0.3, 0.4) is 0 Å². The normalized spacial score (nSPS) is 14.0. The van der Waals surface area contributed by atoms with Crippen LogP contribution in [0.4, 0.5) is 5.69 Å². The van der Waals surface area contributed by atoms with Gasteiger partial charge in [-0.2, -0.15) is 0 Å². The second-order valence-corrected chi connectivity index (χ2v) is 5.34. The number of nitrogens with zero attached hydrogens (tertiary/aromatic N) is 2. The van der Waals surface area contributed by atoms with Crippen LogP contribution in [0.1, 0.15) is 18.4 Å². The Labute approximate surface area is 125 Å². The molecule has 1 aliphatic rings. The Balaban J connectivity index is 1.96. The summed E-state index contributed by atoms with van der Waals surface area (Å²) in [6.07, 6.45) is 1.68. The van der Waals surface area contributed by atoms with Gasteiger partial charge < -0.3 is 15.1 Å². The Morgan fingerprint density at radius 3 is 2.86 bits per heavy atom. The van der Waals surface area contributed by atoms with Gasteiger partial charge >= 0.3 is 0 Å². The highest BCUT2D eigenvalue weighted by Gasteiger charge is 2.24. The highest BCUT2D eigenvalue weighted by atomic mass is 16.2. The van der Waals surface area contributed by atoms with Crippen molar-refractivity contribution in [2.24, 2.45) is 0 Å². The molecule has 2 rings (SSSR count). The Morgan fingerprint density at radius 2 is 2.10 bits per heavy atom. The van der Waals surface area contributed by atoms with Crippen LogP contribution in [-0.2, 0) is 16.0 Å². The summed E-state index contributed by atoms with van der Waals surface area (Å²) in [7, 11) is 3.66. The Bertz CT molecular complexity index is 516. The first-order chi connectivity index (χ1) is 10.1. The molecule has 0 fully saturated rings. The summed E-state index contributed by atoms with van der Waals surface area (Å²) in [5.74, 6) is 0.181. The van der Waals surface area contributed by atoms with Crippen LogP contribution in [0.2, 0.25) is 0 Å². The molecule has 0 bridgehead atoms. The van der Waals surface area contributed by atoms with Gasteiger partial charge in [0.25, 0.3) is 0 Å². The molecule has 1 aromatic rings. The average molecular weight is 289 g/mol. The van der Waals surface area contributed by atoms with Crippen molar-refractivity contribution in [3.05, 3.63) is 29.8 Å². The molecule has 5 nitrogen and oxygen atoms in total. The minimum Gasteiger partial charge on any atom is -0.344 e. The monoisotopic (exact) mass is 289 g/mol. The zero-order valence-corrected chi connectivity index (χ0v) is 12.8. The zero-order chi connectivity index (χ0) is 15.2. The van der Waals surface area contributed by atoms with Crippen LogP contribution < -0.4 is 10.2 Å².